The number of carbonyl (C=O) groups is 2. The maximum absolute atomic E-state index is 14.5. The van der Waals surface area contributed by atoms with Gasteiger partial charge in [0.05, 0.1) is 23.5 Å². The number of carboxylic acid groups (broad SMARTS) is 1. The van der Waals surface area contributed by atoms with Gasteiger partial charge in [0.25, 0.3) is 0 Å². The molecule has 0 bridgehead atoms. The zero-order valence-corrected chi connectivity index (χ0v) is 24.3. The highest BCUT2D eigenvalue weighted by atomic mass is 35.5. The topological polar surface area (TPSA) is 138 Å². The number of carboxylic acids is 1. The molecule has 220 valence electrons. The van der Waals surface area contributed by atoms with Gasteiger partial charge in [-0.1, -0.05) is 24.2 Å². The number of nitrogens with one attached hydrogen (secondary N) is 1. The van der Waals surface area contributed by atoms with Gasteiger partial charge in [0, 0.05) is 47.4 Å². The average Bonchev–Trinajstić information content (AvgIpc) is 3.50. The number of piperidine rings is 1. The molecule has 1 aromatic carbocycles. The van der Waals surface area contributed by atoms with E-state index in [1.165, 1.54) is 28.8 Å². The number of halogens is 3. The number of allylic oxidation sites excluding steroid dienone is 1. The molecule has 4 rings (SSSR count). The van der Waals surface area contributed by atoms with E-state index in [4.69, 9.17) is 21.4 Å². The van der Waals surface area contributed by atoms with E-state index in [1.807, 2.05) is 0 Å². The second-order valence-corrected chi connectivity index (χ2v) is 12.8. The lowest BCUT2D eigenvalue weighted by Gasteiger charge is -2.36. The molecule has 1 unspecified atom stereocenters. The lowest BCUT2D eigenvalue weighted by Crippen LogP contribution is -2.43. The molecule has 1 atom stereocenters. The number of benzene rings is 1. The molecule has 0 spiro atoms. The summed E-state index contributed by atoms with van der Waals surface area (Å²) in [5.74, 6) is -4.63. The van der Waals surface area contributed by atoms with Gasteiger partial charge in [0.2, 0.25) is 10.0 Å². The molecule has 10 nitrogen and oxygen atoms in total. The van der Waals surface area contributed by atoms with Crippen molar-refractivity contribution in [2.75, 3.05) is 26.0 Å². The lowest BCUT2D eigenvalue weighted by atomic mass is 9.86. The summed E-state index contributed by atoms with van der Waals surface area (Å²) in [7, 11) is -2.48. The summed E-state index contributed by atoms with van der Waals surface area (Å²) in [4.78, 5) is 33.0. The molecule has 1 saturated heterocycles. The van der Waals surface area contributed by atoms with Crippen molar-refractivity contribution in [3.8, 4) is 0 Å². The minimum absolute atomic E-state index is 0.0502. The predicted octanol–water partition coefficient (Wildman–Crippen LogP) is 4.06. The minimum Gasteiger partial charge on any atom is -0.478 e. The number of carbonyl (C=O) groups excluding carboxylic acids is 1. The monoisotopic (exact) mass is 628 g/mol. The van der Waals surface area contributed by atoms with E-state index in [1.54, 1.807) is 11.6 Å². The molecule has 1 fully saturated rings. The van der Waals surface area contributed by atoms with E-state index in [-0.39, 0.29) is 54.3 Å². The third-order valence-corrected chi connectivity index (χ3v) is 10.0. The van der Waals surface area contributed by atoms with Crippen molar-refractivity contribution in [3.05, 3.63) is 74.4 Å². The molecular formula is C26H27ClF2N4O6S2. The van der Waals surface area contributed by atoms with Crippen molar-refractivity contribution in [1.29, 1.82) is 0 Å². The van der Waals surface area contributed by atoms with Crippen LogP contribution < -0.4 is 5.32 Å². The fourth-order valence-corrected chi connectivity index (χ4v) is 7.15. The number of aromatic nitrogens is 1. The van der Waals surface area contributed by atoms with Crippen LogP contribution in [0.4, 0.5) is 8.78 Å². The number of sulfonamides is 1. The number of nitrogens with zero attached hydrogens (tertiary/aromatic N) is 3. The van der Waals surface area contributed by atoms with Crippen molar-refractivity contribution < 1.29 is 36.6 Å². The zero-order valence-electron chi connectivity index (χ0n) is 21.9. The van der Waals surface area contributed by atoms with Gasteiger partial charge in [-0.15, -0.1) is 11.3 Å². The van der Waals surface area contributed by atoms with E-state index in [0.29, 0.717) is 29.4 Å². The lowest BCUT2D eigenvalue weighted by molar-refractivity contribution is -0.136. The molecule has 2 N–H and O–H groups in total. The third-order valence-electron chi connectivity index (χ3n) is 6.91. The quantitative estimate of drug-likeness (QED) is 0.228. The molecular weight excluding hydrogens is 602 g/mol. The van der Waals surface area contributed by atoms with E-state index < -0.39 is 44.7 Å². The van der Waals surface area contributed by atoms with Gasteiger partial charge in [0.15, 0.2) is 22.5 Å². The number of ether oxygens (including phenoxy) is 1. The Labute approximate surface area is 244 Å². The Balaban J connectivity index is 1.64. The third kappa shape index (κ3) is 6.66. The number of amidine groups is 1. The summed E-state index contributed by atoms with van der Waals surface area (Å²) in [6.07, 6.45) is 2.40. The van der Waals surface area contributed by atoms with E-state index >= 15 is 0 Å². The van der Waals surface area contributed by atoms with Gasteiger partial charge < -0.3 is 15.2 Å². The standard InChI is InChI=1S/C26H27ClF2N4O6S2/c1-14(25(34)35)4-3-13-41(37,38)33-10-7-15(8-11-33)21-18(26(36)39-2)22(16-5-6-17(28)20(29)19(16)27)32-23(31-21)24-30-9-12-40-24/h5-6,9,12,15,22H,1,3-4,7-8,10-11,13H2,2H3,(H,31,32)(H,34,35). The Morgan fingerprint density at radius 1 is 1.29 bits per heavy atom. The summed E-state index contributed by atoms with van der Waals surface area (Å²) in [6, 6.07) is 1.01. The number of hydrogen-bond donors (Lipinski definition) is 2. The molecule has 41 heavy (non-hydrogen) atoms. The largest absolute Gasteiger partial charge is 0.478 e. The Kier molecular flexibility index (Phi) is 9.57. The summed E-state index contributed by atoms with van der Waals surface area (Å²) in [5, 5.41) is 13.8. The number of methoxy groups -OCH3 is 1. The first kappa shape index (κ1) is 30.8. The van der Waals surface area contributed by atoms with Crippen LogP contribution in [0.3, 0.4) is 0 Å². The van der Waals surface area contributed by atoms with Gasteiger partial charge in [0.1, 0.15) is 6.04 Å². The van der Waals surface area contributed by atoms with Crippen molar-refractivity contribution >= 4 is 50.7 Å². The number of aliphatic imine (C=N–C) groups is 1. The smallest absolute Gasteiger partial charge is 0.338 e. The molecule has 1 aromatic heterocycles. The van der Waals surface area contributed by atoms with Crippen LogP contribution in [0.15, 0.2) is 52.1 Å². The minimum atomic E-state index is -3.66. The maximum Gasteiger partial charge on any atom is 0.338 e. The highest BCUT2D eigenvalue weighted by Crippen LogP contribution is 2.41. The van der Waals surface area contributed by atoms with Crippen LogP contribution in [0.5, 0.6) is 0 Å². The predicted molar refractivity (Wildman–Crippen MR) is 149 cm³/mol. The van der Waals surface area contributed by atoms with Crippen LogP contribution in [0.25, 0.3) is 0 Å². The number of rotatable bonds is 10. The number of aliphatic carboxylic acids is 1. The van der Waals surface area contributed by atoms with Crippen LogP contribution in [-0.2, 0) is 24.3 Å². The van der Waals surface area contributed by atoms with Gasteiger partial charge in [-0.2, -0.15) is 0 Å². The normalized spacial score (nSPS) is 18.5. The highest BCUT2D eigenvalue weighted by molar-refractivity contribution is 7.89. The van der Waals surface area contributed by atoms with E-state index in [2.05, 4.69) is 21.9 Å². The first-order valence-corrected chi connectivity index (χ1v) is 15.4. The van der Waals surface area contributed by atoms with E-state index in [0.717, 1.165) is 6.07 Å². The summed E-state index contributed by atoms with van der Waals surface area (Å²) >= 11 is 7.47. The van der Waals surface area contributed by atoms with Crippen molar-refractivity contribution in [3.63, 3.8) is 0 Å². The zero-order chi connectivity index (χ0) is 29.9. The molecule has 0 aliphatic carbocycles. The highest BCUT2D eigenvalue weighted by Gasteiger charge is 2.39. The molecule has 2 aliphatic heterocycles. The number of esters is 1. The van der Waals surface area contributed by atoms with Gasteiger partial charge in [-0.05, 0) is 31.7 Å². The number of thiazole rings is 1. The maximum atomic E-state index is 14.5. The Bertz CT molecular complexity index is 1520. The molecule has 2 aliphatic rings. The van der Waals surface area contributed by atoms with Crippen LogP contribution in [0, 0.1) is 17.6 Å². The van der Waals surface area contributed by atoms with Gasteiger partial charge in [-0.3, -0.25) is 4.99 Å². The average molecular weight is 629 g/mol. The van der Waals surface area contributed by atoms with E-state index in [9.17, 15) is 26.8 Å². The van der Waals surface area contributed by atoms with Crippen LogP contribution >= 0.6 is 22.9 Å². The van der Waals surface area contributed by atoms with Crippen LogP contribution in [0.1, 0.15) is 42.3 Å². The van der Waals surface area contributed by atoms with Crippen molar-refractivity contribution in [2.45, 2.75) is 31.7 Å². The molecule has 0 amide bonds. The fraction of sp³-hybridized carbons (Fsp3) is 0.385. The van der Waals surface area contributed by atoms with Crippen LogP contribution in [-0.4, -0.2) is 66.5 Å². The first-order chi connectivity index (χ1) is 19.4. The second kappa shape index (κ2) is 12.8. The van der Waals surface area contributed by atoms with Crippen molar-refractivity contribution in [2.24, 2.45) is 10.9 Å². The molecule has 2 aromatic rings. The van der Waals surface area contributed by atoms with Crippen LogP contribution in [0.2, 0.25) is 5.02 Å². The van der Waals surface area contributed by atoms with Gasteiger partial charge in [-0.25, -0.2) is 36.1 Å². The van der Waals surface area contributed by atoms with Gasteiger partial charge >= 0.3 is 11.9 Å². The molecule has 3 heterocycles. The first-order valence-electron chi connectivity index (χ1n) is 12.5. The molecule has 0 radical (unpaired) electrons. The molecule has 15 heteroatoms. The summed E-state index contributed by atoms with van der Waals surface area (Å²) < 4.78 is 60.6. The Morgan fingerprint density at radius 3 is 2.61 bits per heavy atom. The Hall–Kier alpha value is -3.20. The number of hydrogen-bond acceptors (Lipinski definition) is 9. The van der Waals surface area contributed by atoms with Crippen molar-refractivity contribution in [1.82, 2.24) is 14.6 Å². The fourth-order valence-electron chi connectivity index (χ4n) is 4.77. The second-order valence-electron chi connectivity index (χ2n) is 9.43. The summed E-state index contributed by atoms with van der Waals surface area (Å²) in [6.45, 7) is 3.72. The SMILES string of the molecule is C=C(CCCS(=O)(=O)N1CCC(C2=C(C(=O)OC)C(c3ccc(F)c(F)c3Cl)N=C(c3nccs3)N2)CC1)C(=O)O. The summed E-state index contributed by atoms with van der Waals surface area (Å²) in [5.41, 5.74) is 0.465. The molecule has 0 saturated carbocycles. The Morgan fingerprint density at radius 2 is 2.00 bits per heavy atom.